The van der Waals surface area contributed by atoms with Gasteiger partial charge in [-0.2, -0.15) is 0 Å². The maximum Gasteiger partial charge on any atom is 0.187 e. The first-order valence-electron chi connectivity index (χ1n) is 27.5. The molecule has 4 saturated carbocycles. The van der Waals surface area contributed by atoms with Crippen LogP contribution in [0.25, 0.3) is 0 Å². The first-order chi connectivity index (χ1) is 35.9. The van der Waals surface area contributed by atoms with E-state index in [1.807, 2.05) is 6.92 Å². The topological polar surface area (TPSA) is 407 Å². The Morgan fingerprint density at radius 3 is 1.71 bits per heavy atom. The van der Waals surface area contributed by atoms with Gasteiger partial charge >= 0.3 is 0 Å². The molecule has 25 nitrogen and oxygen atoms in total. The molecule has 5 heterocycles. The van der Waals surface area contributed by atoms with Crippen molar-refractivity contribution in [2.75, 3.05) is 33.0 Å². The van der Waals surface area contributed by atoms with Crippen molar-refractivity contribution in [2.24, 2.45) is 52.3 Å². The highest BCUT2D eigenvalue weighted by Crippen LogP contribution is 2.71. The maximum atomic E-state index is 12.1. The van der Waals surface area contributed by atoms with E-state index in [2.05, 4.69) is 20.8 Å². The molecule has 0 aromatic heterocycles. The van der Waals surface area contributed by atoms with Crippen molar-refractivity contribution < 1.29 is 124 Å². The summed E-state index contributed by atoms with van der Waals surface area (Å²) in [5.74, 6) is -0.406. The summed E-state index contributed by atoms with van der Waals surface area (Å²) in [7, 11) is 0. The Kier molecular flexibility index (Phi) is 18.3. The van der Waals surface area contributed by atoms with Gasteiger partial charge in [0.25, 0.3) is 0 Å². The standard InChI is InChI=1S/C51H86O25/c1-19(18-68-45-40(64)36(60)33(57)28(14-52)70-45)7-10-51(67)20(2)32-27(76-51)12-24-22-6-5-21-11-26(25(56)13-50(21,4)23(22)8-9-49(24,32)3)69-46-42(66)39(63)43(31(17-55)73-46)74-48-44(38(62)35(59)30(16-54)72-48)75-47-41(65)37(61)34(58)29(15-53)71-47/h19-48,52-67H,5-18H2,1-4H3/t19-,20+,21+,22-,23+,24+,25-,26-,27+,28-,29-,30-,31-,32+,33-,34-,35-,36+,37+,38+,39-,40-,41-,42-,43+,44-,45-,46-,47+,48+,49+,50+,51-/m1/s1. The van der Waals surface area contributed by atoms with Crippen LogP contribution in [0.15, 0.2) is 0 Å². The number of rotatable bonds is 16. The SMILES string of the molecule is C[C@H](CC[C@@]1(O)O[C@H]2C[C@H]3[C@@H]4CC[C@H]5C[C@@H](O[C@@H]6O[C@H](CO)[C@H](O[C@@H]7O[C@H](CO)[C@@H](O)[C@H](O)[C@H]7O[C@@H]7O[C@H](CO)[C@@H](O)[C@H](O)[C@H]7O)[C@H](O)[C@H]6O)[C@H](O)C[C@]5(C)[C@H]4CC[C@]3(C)[C@H]2[C@@H]1C)CO[C@@H]1O[C@H](CO)[C@@H](O)[C@H](O)[C@H]1O. The summed E-state index contributed by atoms with van der Waals surface area (Å²) >= 11 is 0. The molecule has 0 amide bonds. The minimum Gasteiger partial charge on any atom is -0.394 e. The summed E-state index contributed by atoms with van der Waals surface area (Å²) in [5, 5.41) is 171. The fraction of sp³-hybridized carbons (Fsp3) is 1.00. The van der Waals surface area contributed by atoms with Gasteiger partial charge in [-0.3, -0.25) is 0 Å². The molecular formula is C51H86O25. The van der Waals surface area contributed by atoms with Gasteiger partial charge in [0.2, 0.25) is 0 Å². The number of aliphatic hydroxyl groups is 16. The van der Waals surface area contributed by atoms with Crippen LogP contribution in [0, 0.1) is 52.3 Å². The van der Waals surface area contributed by atoms with Gasteiger partial charge in [-0.25, -0.2) is 0 Å². The molecule has 0 radical (unpaired) electrons. The van der Waals surface area contributed by atoms with Crippen LogP contribution in [0.3, 0.4) is 0 Å². The predicted octanol–water partition coefficient (Wildman–Crippen LogP) is -4.98. The van der Waals surface area contributed by atoms with Crippen LogP contribution >= 0.6 is 0 Å². The minimum atomic E-state index is -1.94. The molecule has 5 aliphatic heterocycles. The van der Waals surface area contributed by atoms with Crippen molar-refractivity contribution in [1.82, 2.24) is 0 Å². The van der Waals surface area contributed by atoms with Crippen molar-refractivity contribution in [2.45, 2.75) is 232 Å². The molecule has 5 saturated heterocycles. The zero-order valence-electron chi connectivity index (χ0n) is 43.5. The zero-order valence-corrected chi connectivity index (χ0v) is 43.5. The number of hydrogen-bond donors (Lipinski definition) is 16. The lowest BCUT2D eigenvalue weighted by Crippen LogP contribution is -2.67. The number of fused-ring (bicyclic) bond motifs is 7. The lowest BCUT2D eigenvalue weighted by molar-refractivity contribution is -0.391. The Bertz CT molecular complexity index is 1910. The Morgan fingerprint density at radius 2 is 1.08 bits per heavy atom. The van der Waals surface area contributed by atoms with Gasteiger partial charge in [0, 0.05) is 12.3 Å². The Morgan fingerprint density at radius 1 is 0.553 bits per heavy atom. The van der Waals surface area contributed by atoms with Gasteiger partial charge in [0.05, 0.1) is 51.3 Å². The van der Waals surface area contributed by atoms with Crippen molar-refractivity contribution in [3.8, 4) is 0 Å². The van der Waals surface area contributed by atoms with E-state index in [4.69, 9.17) is 42.6 Å². The molecule has 33 atom stereocenters. The third-order valence-electron chi connectivity index (χ3n) is 20.1. The average Bonchev–Trinajstić information content (AvgIpc) is 3.94. The molecule has 76 heavy (non-hydrogen) atoms. The quantitative estimate of drug-likeness (QED) is 0.0644. The van der Waals surface area contributed by atoms with Crippen LogP contribution < -0.4 is 0 Å². The molecule has 25 heteroatoms. The maximum absolute atomic E-state index is 12.1. The summed E-state index contributed by atoms with van der Waals surface area (Å²) in [6.07, 6.45) is -28.6. The molecule has 0 aromatic carbocycles. The van der Waals surface area contributed by atoms with Crippen LogP contribution in [-0.2, 0) is 42.6 Å². The highest BCUT2D eigenvalue weighted by atomic mass is 16.8. The molecule has 0 aromatic rings. The molecule has 9 rings (SSSR count). The van der Waals surface area contributed by atoms with Crippen LogP contribution in [0.4, 0.5) is 0 Å². The third kappa shape index (κ3) is 10.6. The molecule has 4 aliphatic carbocycles. The van der Waals surface area contributed by atoms with Crippen LogP contribution in [0.2, 0.25) is 0 Å². The van der Waals surface area contributed by atoms with Gasteiger partial charge in [-0.15, -0.1) is 0 Å². The van der Waals surface area contributed by atoms with Gasteiger partial charge in [-0.05, 0) is 97.7 Å². The van der Waals surface area contributed by atoms with E-state index < -0.39 is 167 Å². The van der Waals surface area contributed by atoms with E-state index in [0.717, 1.165) is 32.1 Å². The second-order valence-corrected chi connectivity index (χ2v) is 24.4. The number of hydrogen-bond acceptors (Lipinski definition) is 25. The van der Waals surface area contributed by atoms with Gasteiger partial charge in [0.15, 0.2) is 30.9 Å². The Hall–Kier alpha value is -1.00. The number of aliphatic hydroxyl groups excluding tert-OH is 15. The fourth-order valence-corrected chi connectivity index (χ4v) is 15.7. The van der Waals surface area contributed by atoms with Gasteiger partial charge in [0.1, 0.15) is 97.7 Å². The van der Waals surface area contributed by atoms with Crippen LogP contribution in [-0.4, -0.2) is 262 Å². The average molecular weight is 1100 g/mol. The van der Waals surface area contributed by atoms with Crippen molar-refractivity contribution in [3.63, 3.8) is 0 Å². The summed E-state index contributed by atoms with van der Waals surface area (Å²) in [4.78, 5) is 0. The summed E-state index contributed by atoms with van der Waals surface area (Å²) in [6.45, 7) is 5.77. The Balaban J connectivity index is 0.797. The second kappa shape index (κ2) is 23.3. The van der Waals surface area contributed by atoms with Crippen LogP contribution in [0.5, 0.6) is 0 Å². The highest BCUT2D eigenvalue weighted by molar-refractivity contribution is 5.15. The Labute approximate surface area is 441 Å². The highest BCUT2D eigenvalue weighted by Gasteiger charge is 2.69. The summed E-state index contributed by atoms with van der Waals surface area (Å²) in [6, 6.07) is 0. The first-order valence-corrected chi connectivity index (χ1v) is 27.5. The fourth-order valence-electron chi connectivity index (χ4n) is 15.7. The summed E-state index contributed by atoms with van der Waals surface area (Å²) in [5.41, 5.74) is -0.363. The lowest BCUT2D eigenvalue weighted by atomic mass is 9.44. The zero-order chi connectivity index (χ0) is 55.1. The molecule has 0 unspecified atom stereocenters. The largest absolute Gasteiger partial charge is 0.394 e. The monoisotopic (exact) mass is 1100 g/mol. The van der Waals surface area contributed by atoms with Gasteiger partial charge in [-0.1, -0.05) is 27.7 Å². The molecule has 9 aliphatic rings. The smallest absolute Gasteiger partial charge is 0.187 e. The van der Waals surface area contributed by atoms with E-state index in [-0.39, 0.29) is 53.1 Å². The van der Waals surface area contributed by atoms with Crippen molar-refractivity contribution in [1.29, 1.82) is 0 Å². The van der Waals surface area contributed by atoms with Crippen molar-refractivity contribution in [3.05, 3.63) is 0 Å². The van der Waals surface area contributed by atoms with Crippen LogP contribution in [0.1, 0.15) is 85.5 Å². The number of ether oxygens (including phenoxy) is 9. The second-order valence-electron chi connectivity index (χ2n) is 24.4. The van der Waals surface area contributed by atoms with E-state index in [0.29, 0.717) is 37.5 Å². The minimum absolute atomic E-state index is 0.0959. The normalized spacial score (nSPS) is 55.8. The molecule has 9 fully saturated rings. The van der Waals surface area contributed by atoms with E-state index in [1.165, 1.54) is 0 Å². The molecule has 16 N–H and O–H groups in total. The van der Waals surface area contributed by atoms with Crippen molar-refractivity contribution >= 4 is 0 Å². The van der Waals surface area contributed by atoms with E-state index in [1.54, 1.807) is 0 Å². The van der Waals surface area contributed by atoms with Gasteiger partial charge < -0.3 is 124 Å². The molecule has 0 bridgehead atoms. The van der Waals surface area contributed by atoms with E-state index >= 15 is 0 Å². The third-order valence-corrected chi connectivity index (χ3v) is 20.1. The predicted molar refractivity (Wildman–Crippen MR) is 253 cm³/mol. The molecule has 0 spiro atoms. The first kappa shape index (κ1) is 59.6. The molecule has 440 valence electrons. The lowest BCUT2D eigenvalue weighted by Gasteiger charge is -2.62. The van der Waals surface area contributed by atoms with E-state index in [9.17, 15) is 81.7 Å². The summed E-state index contributed by atoms with van der Waals surface area (Å²) < 4.78 is 53.2. The molecular weight excluding hydrogens is 1010 g/mol.